The van der Waals surface area contributed by atoms with Gasteiger partial charge in [-0.1, -0.05) is 26.0 Å². The topological polar surface area (TPSA) is 55.8 Å². The van der Waals surface area contributed by atoms with Gasteiger partial charge in [-0.2, -0.15) is 0 Å². The minimum Gasteiger partial charge on any atom is -0.494 e. The number of rotatable bonds is 7. The highest BCUT2D eigenvalue weighted by molar-refractivity contribution is 6.16. The van der Waals surface area contributed by atoms with Gasteiger partial charge in [0, 0.05) is 12.2 Å². The van der Waals surface area contributed by atoms with Crippen LogP contribution in [-0.4, -0.2) is 36.5 Å². The van der Waals surface area contributed by atoms with Crippen LogP contribution in [0.5, 0.6) is 5.75 Å². The molecule has 5 heteroatoms. The number of allylic oxidation sites excluding steroid dienone is 1. The van der Waals surface area contributed by atoms with Crippen LogP contribution in [0.3, 0.4) is 0 Å². The Labute approximate surface area is 155 Å². The largest absolute Gasteiger partial charge is 0.494 e. The Hall–Kier alpha value is -2.56. The number of carbonyl (C=O) groups is 2. The molecule has 5 nitrogen and oxygen atoms in total. The van der Waals surface area contributed by atoms with Crippen molar-refractivity contribution in [2.24, 2.45) is 5.92 Å². The van der Waals surface area contributed by atoms with Gasteiger partial charge in [0.15, 0.2) is 0 Å². The van der Waals surface area contributed by atoms with Crippen LogP contribution < -0.4 is 4.74 Å². The molecule has 140 valence electrons. The van der Waals surface area contributed by atoms with Crippen molar-refractivity contribution < 1.29 is 19.1 Å². The van der Waals surface area contributed by atoms with Crippen molar-refractivity contribution in [3.8, 4) is 5.75 Å². The first kappa shape index (κ1) is 19.8. The van der Waals surface area contributed by atoms with Gasteiger partial charge in [0.2, 0.25) is 0 Å². The number of ether oxygens (including phenoxy) is 2. The molecule has 0 saturated heterocycles. The van der Waals surface area contributed by atoms with Crippen molar-refractivity contribution in [2.45, 2.75) is 34.6 Å². The van der Waals surface area contributed by atoms with Crippen molar-refractivity contribution in [3.05, 3.63) is 46.7 Å². The van der Waals surface area contributed by atoms with Crippen molar-refractivity contribution in [1.82, 2.24) is 4.90 Å². The van der Waals surface area contributed by atoms with Crippen molar-refractivity contribution in [1.29, 1.82) is 0 Å². The van der Waals surface area contributed by atoms with Crippen LogP contribution in [-0.2, 0) is 14.3 Å². The van der Waals surface area contributed by atoms with Gasteiger partial charge in [0.1, 0.15) is 5.75 Å². The molecule has 0 aromatic heterocycles. The lowest BCUT2D eigenvalue weighted by molar-refractivity contribution is -0.138. The molecular weight excluding hydrogens is 330 g/mol. The molecule has 1 amide bonds. The molecule has 0 bridgehead atoms. The summed E-state index contributed by atoms with van der Waals surface area (Å²) in [5.74, 6) is 0.447. The van der Waals surface area contributed by atoms with Crippen LogP contribution in [0.1, 0.15) is 40.2 Å². The van der Waals surface area contributed by atoms with Gasteiger partial charge in [0.05, 0.1) is 24.4 Å². The fourth-order valence-corrected chi connectivity index (χ4v) is 2.91. The summed E-state index contributed by atoms with van der Waals surface area (Å²) in [4.78, 5) is 27.0. The zero-order valence-corrected chi connectivity index (χ0v) is 16.2. The van der Waals surface area contributed by atoms with Crippen LogP contribution in [0.25, 0.3) is 6.08 Å². The third-order valence-corrected chi connectivity index (χ3v) is 4.04. The smallest absolute Gasteiger partial charge is 0.340 e. The molecule has 1 aliphatic heterocycles. The predicted molar refractivity (Wildman–Crippen MR) is 101 cm³/mol. The second kappa shape index (κ2) is 8.70. The molecule has 1 aliphatic rings. The Bertz CT molecular complexity index is 729. The molecule has 0 N–H and O–H groups in total. The van der Waals surface area contributed by atoms with Crippen LogP contribution in [0.2, 0.25) is 0 Å². The third-order valence-electron chi connectivity index (χ3n) is 4.04. The fraction of sp³-hybridized carbons (Fsp3) is 0.429. The molecule has 0 saturated carbocycles. The van der Waals surface area contributed by atoms with Gasteiger partial charge in [-0.25, -0.2) is 4.79 Å². The molecule has 0 spiro atoms. The van der Waals surface area contributed by atoms with Crippen LogP contribution in [0.4, 0.5) is 0 Å². The molecule has 0 fully saturated rings. The van der Waals surface area contributed by atoms with E-state index in [0.717, 1.165) is 11.3 Å². The van der Waals surface area contributed by atoms with E-state index in [1.807, 2.05) is 45.0 Å². The second-order valence-corrected chi connectivity index (χ2v) is 6.55. The van der Waals surface area contributed by atoms with Crippen LogP contribution >= 0.6 is 0 Å². The SMILES string of the molecule is CCOC(=O)C1=C(C)N(CC(C)C)C(=O)C1=Cc1ccc(OCC)cc1. The summed E-state index contributed by atoms with van der Waals surface area (Å²) < 4.78 is 10.6. The Morgan fingerprint density at radius 3 is 2.35 bits per heavy atom. The molecule has 26 heavy (non-hydrogen) atoms. The summed E-state index contributed by atoms with van der Waals surface area (Å²) in [6, 6.07) is 7.44. The molecule has 1 aromatic carbocycles. The monoisotopic (exact) mass is 357 g/mol. The molecule has 1 heterocycles. The molecule has 1 aromatic rings. The van der Waals surface area contributed by atoms with E-state index >= 15 is 0 Å². The standard InChI is InChI=1S/C21H27NO4/c1-6-25-17-10-8-16(9-11-17)12-18-19(21(24)26-7-2)15(5)22(20(18)23)13-14(3)4/h8-12,14H,6-7,13H2,1-5H3. The quantitative estimate of drug-likeness (QED) is 0.550. The van der Waals surface area contributed by atoms with E-state index in [0.29, 0.717) is 35.9 Å². The van der Waals surface area contributed by atoms with E-state index in [1.165, 1.54) is 0 Å². The van der Waals surface area contributed by atoms with Gasteiger partial charge < -0.3 is 14.4 Å². The number of benzene rings is 1. The van der Waals surface area contributed by atoms with Gasteiger partial charge in [-0.05, 0) is 50.5 Å². The predicted octanol–water partition coefficient (Wildman–Crippen LogP) is 3.80. The lowest BCUT2D eigenvalue weighted by Crippen LogP contribution is -2.28. The third kappa shape index (κ3) is 4.34. The summed E-state index contributed by atoms with van der Waals surface area (Å²) in [7, 11) is 0. The molecule has 0 aliphatic carbocycles. The van der Waals surface area contributed by atoms with E-state index in [2.05, 4.69) is 0 Å². The summed E-state index contributed by atoms with van der Waals surface area (Å²) in [5, 5.41) is 0. The second-order valence-electron chi connectivity index (χ2n) is 6.55. The van der Waals surface area contributed by atoms with Gasteiger partial charge >= 0.3 is 5.97 Å². The Morgan fingerprint density at radius 2 is 1.81 bits per heavy atom. The summed E-state index contributed by atoms with van der Waals surface area (Å²) >= 11 is 0. The number of carbonyl (C=O) groups excluding carboxylic acids is 2. The van der Waals surface area contributed by atoms with E-state index in [1.54, 1.807) is 24.8 Å². The highest BCUT2D eigenvalue weighted by Gasteiger charge is 2.37. The Kier molecular flexibility index (Phi) is 6.61. The number of hydrogen-bond acceptors (Lipinski definition) is 4. The minimum absolute atomic E-state index is 0.159. The molecule has 0 radical (unpaired) electrons. The Balaban J connectivity index is 2.42. The number of hydrogen-bond donors (Lipinski definition) is 0. The highest BCUT2D eigenvalue weighted by Crippen LogP contribution is 2.32. The molecule has 0 unspecified atom stereocenters. The van der Waals surface area contributed by atoms with Crippen molar-refractivity contribution >= 4 is 18.0 Å². The normalized spacial score (nSPS) is 16.0. The maximum absolute atomic E-state index is 12.9. The first-order valence-corrected chi connectivity index (χ1v) is 9.03. The first-order chi connectivity index (χ1) is 12.4. The average molecular weight is 357 g/mol. The molecule has 2 rings (SSSR count). The number of esters is 1. The number of nitrogens with zero attached hydrogens (tertiary/aromatic N) is 1. The van der Waals surface area contributed by atoms with Crippen LogP contribution in [0.15, 0.2) is 41.1 Å². The maximum atomic E-state index is 12.9. The van der Waals surface area contributed by atoms with Crippen molar-refractivity contribution in [3.63, 3.8) is 0 Å². The van der Waals surface area contributed by atoms with E-state index < -0.39 is 5.97 Å². The van der Waals surface area contributed by atoms with Crippen LogP contribution in [0, 0.1) is 5.92 Å². The van der Waals surface area contributed by atoms with Gasteiger partial charge in [-0.15, -0.1) is 0 Å². The lowest BCUT2D eigenvalue weighted by Gasteiger charge is -2.19. The van der Waals surface area contributed by atoms with Crippen molar-refractivity contribution in [2.75, 3.05) is 19.8 Å². The van der Waals surface area contributed by atoms with Gasteiger partial charge in [0.25, 0.3) is 5.91 Å². The minimum atomic E-state index is -0.457. The number of amides is 1. The highest BCUT2D eigenvalue weighted by atomic mass is 16.5. The molecular formula is C21H27NO4. The zero-order valence-electron chi connectivity index (χ0n) is 16.2. The van der Waals surface area contributed by atoms with Gasteiger partial charge in [-0.3, -0.25) is 4.79 Å². The first-order valence-electron chi connectivity index (χ1n) is 9.03. The zero-order chi connectivity index (χ0) is 19.3. The lowest BCUT2D eigenvalue weighted by atomic mass is 10.0. The Morgan fingerprint density at radius 1 is 1.15 bits per heavy atom. The fourth-order valence-electron chi connectivity index (χ4n) is 2.91. The average Bonchev–Trinajstić information content (AvgIpc) is 2.81. The summed E-state index contributed by atoms with van der Waals surface area (Å²) in [6.45, 7) is 11.0. The molecule has 0 atom stereocenters. The summed E-state index contributed by atoms with van der Waals surface area (Å²) in [6.07, 6.45) is 1.74. The van der Waals surface area contributed by atoms with E-state index in [9.17, 15) is 9.59 Å². The van der Waals surface area contributed by atoms with E-state index in [-0.39, 0.29) is 12.5 Å². The maximum Gasteiger partial charge on any atom is 0.340 e. The summed E-state index contributed by atoms with van der Waals surface area (Å²) in [5.41, 5.74) is 2.22. The van der Waals surface area contributed by atoms with E-state index in [4.69, 9.17) is 9.47 Å².